The van der Waals surface area contributed by atoms with Crippen molar-refractivity contribution < 1.29 is 4.79 Å². The van der Waals surface area contributed by atoms with Crippen molar-refractivity contribution in [1.29, 1.82) is 0 Å². The Bertz CT molecular complexity index is 489. The molecule has 1 aromatic rings. The minimum Gasteiger partial charge on any atom is -0.350 e. The third-order valence-corrected chi connectivity index (χ3v) is 4.74. The molecule has 1 aromatic carbocycles. The van der Waals surface area contributed by atoms with Gasteiger partial charge in [0.25, 0.3) is 0 Å². The molecule has 1 fully saturated rings. The summed E-state index contributed by atoms with van der Waals surface area (Å²) >= 11 is 5.66. The Morgan fingerprint density at radius 3 is 2.57 bits per heavy atom. The molecule has 2 rings (SSSR count). The number of carbonyl (C=O) groups is 1. The zero-order chi connectivity index (χ0) is 15.5. The monoisotopic (exact) mass is 307 g/mol. The van der Waals surface area contributed by atoms with E-state index in [0.29, 0.717) is 5.92 Å². The van der Waals surface area contributed by atoms with Crippen molar-refractivity contribution in [1.82, 2.24) is 5.32 Å². The van der Waals surface area contributed by atoms with Gasteiger partial charge in [0.1, 0.15) is 5.88 Å². The zero-order valence-corrected chi connectivity index (χ0v) is 14.0. The van der Waals surface area contributed by atoms with Gasteiger partial charge in [-0.1, -0.05) is 44.2 Å². The molecule has 1 aliphatic rings. The number of alkyl halides is 1. The Labute approximate surface area is 133 Å². The average molecular weight is 308 g/mol. The van der Waals surface area contributed by atoms with Gasteiger partial charge < -0.3 is 5.32 Å². The fraction of sp³-hybridized carbons (Fsp3) is 0.611. The van der Waals surface area contributed by atoms with E-state index in [-0.39, 0.29) is 22.7 Å². The highest BCUT2D eigenvalue weighted by Gasteiger charge is 2.42. The standard InChI is InChI=1S/C18H26ClNO/c1-14-9-17(2,11-15-7-5-4-6-8-15)13-18(3,10-14)20-16(21)12-19/h4-8,14H,9-13H2,1-3H3,(H,20,21). The molecule has 3 heteroatoms. The smallest absolute Gasteiger partial charge is 0.235 e. The Morgan fingerprint density at radius 1 is 1.29 bits per heavy atom. The second-order valence-corrected chi connectivity index (χ2v) is 7.67. The van der Waals surface area contributed by atoms with E-state index in [1.165, 1.54) is 12.0 Å². The summed E-state index contributed by atoms with van der Waals surface area (Å²) in [5.41, 5.74) is 1.45. The van der Waals surface area contributed by atoms with Gasteiger partial charge in [-0.15, -0.1) is 11.6 Å². The summed E-state index contributed by atoms with van der Waals surface area (Å²) in [5.74, 6) is 0.586. The molecular formula is C18H26ClNO. The van der Waals surface area contributed by atoms with Crippen molar-refractivity contribution in [3.63, 3.8) is 0 Å². The fourth-order valence-corrected chi connectivity index (χ4v) is 4.52. The first kappa shape index (κ1) is 16.4. The highest BCUT2D eigenvalue weighted by molar-refractivity contribution is 6.27. The molecule has 1 amide bonds. The highest BCUT2D eigenvalue weighted by atomic mass is 35.5. The van der Waals surface area contributed by atoms with Gasteiger partial charge in [-0.05, 0) is 49.5 Å². The number of rotatable bonds is 4. The highest BCUT2D eigenvalue weighted by Crippen LogP contribution is 2.46. The summed E-state index contributed by atoms with van der Waals surface area (Å²) < 4.78 is 0. The van der Waals surface area contributed by atoms with Crippen molar-refractivity contribution >= 4 is 17.5 Å². The van der Waals surface area contributed by atoms with Gasteiger partial charge in [0.2, 0.25) is 5.91 Å². The van der Waals surface area contributed by atoms with Crippen molar-refractivity contribution in [2.45, 2.75) is 52.0 Å². The lowest BCUT2D eigenvalue weighted by Crippen LogP contribution is -2.54. The molecule has 3 unspecified atom stereocenters. The molecule has 0 saturated heterocycles. The Hall–Kier alpha value is -1.02. The topological polar surface area (TPSA) is 29.1 Å². The number of amides is 1. The molecule has 21 heavy (non-hydrogen) atoms. The van der Waals surface area contributed by atoms with E-state index in [1.54, 1.807) is 0 Å². The van der Waals surface area contributed by atoms with Gasteiger partial charge in [0, 0.05) is 5.54 Å². The lowest BCUT2D eigenvalue weighted by Gasteiger charge is -2.48. The first-order valence-electron chi connectivity index (χ1n) is 7.75. The molecule has 116 valence electrons. The van der Waals surface area contributed by atoms with E-state index < -0.39 is 0 Å². The van der Waals surface area contributed by atoms with Crippen molar-refractivity contribution in [2.24, 2.45) is 11.3 Å². The summed E-state index contributed by atoms with van der Waals surface area (Å²) in [6, 6.07) is 10.6. The Kier molecular flexibility index (Phi) is 4.98. The minimum atomic E-state index is -0.146. The van der Waals surface area contributed by atoms with Gasteiger partial charge >= 0.3 is 0 Å². The largest absolute Gasteiger partial charge is 0.350 e. The van der Waals surface area contributed by atoms with Crippen LogP contribution in [-0.4, -0.2) is 17.3 Å². The maximum Gasteiger partial charge on any atom is 0.235 e. The van der Waals surface area contributed by atoms with E-state index in [9.17, 15) is 4.79 Å². The lowest BCUT2D eigenvalue weighted by atomic mass is 9.62. The van der Waals surface area contributed by atoms with Crippen LogP contribution < -0.4 is 5.32 Å². The van der Waals surface area contributed by atoms with Crippen LogP contribution in [0.15, 0.2) is 30.3 Å². The Balaban J connectivity index is 2.14. The molecule has 1 saturated carbocycles. The summed E-state index contributed by atoms with van der Waals surface area (Å²) in [6.45, 7) is 6.80. The first-order chi connectivity index (χ1) is 9.84. The molecule has 2 nitrogen and oxygen atoms in total. The van der Waals surface area contributed by atoms with E-state index in [4.69, 9.17) is 11.6 Å². The van der Waals surface area contributed by atoms with Crippen LogP contribution in [0.3, 0.4) is 0 Å². The molecule has 0 heterocycles. The number of hydrogen-bond acceptors (Lipinski definition) is 1. The summed E-state index contributed by atoms with van der Waals surface area (Å²) in [5, 5.41) is 3.15. The van der Waals surface area contributed by atoms with E-state index in [1.807, 2.05) is 0 Å². The molecule has 0 spiro atoms. The van der Waals surface area contributed by atoms with E-state index in [2.05, 4.69) is 56.4 Å². The molecule has 3 atom stereocenters. The Morgan fingerprint density at radius 2 is 1.95 bits per heavy atom. The average Bonchev–Trinajstić information content (AvgIpc) is 2.36. The van der Waals surface area contributed by atoms with Crippen LogP contribution in [0.25, 0.3) is 0 Å². The molecule has 0 bridgehead atoms. The third kappa shape index (κ3) is 4.47. The summed E-state index contributed by atoms with van der Waals surface area (Å²) in [7, 11) is 0. The minimum absolute atomic E-state index is 0.0410. The quantitative estimate of drug-likeness (QED) is 0.831. The van der Waals surface area contributed by atoms with Crippen LogP contribution in [0, 0.1) is 11.3 Å². The van der Waals surface area contributed by atoms with Crippen LogP contribution in [0.1, 0.15) is 45.6 Å². The van der Waals surface area contributed by atoms with Crippen LogP contribution in [0.5, 0.6) is 0 Å². The number of benzene rings is 1. The summed E-state index contributed by atoms with van der Waals surface area (Å²) in [6.07, 6.45) is 4.29. The lowest BCUT2D eigenvalue weighted by molar-refractivity contribution is -0.121. The van der Waals surface area contributed by atoms with Crippen LogP contribution in [-0.2, 0) is 11.2 Å². The third-order valence-electron chi connectivity index (χ3n) is 4.49. The predicted molar refractivity (Wildman–Crippen MR) is 88.5 cm³/mol. The SMILES string of the molecule is CC1CC(C)(Cc2ccccc2)CC(C)(NC(=O)CCl)C1. The molecule has 0 aromatic heterocycles. The van der Waals surface area contributed by atoms with Crippen LogP contribution in [0.4, 0.5) is 0 Å². The molecule has 1 aliphatic carbocycles. The predicted octanol–water partition coefficient (Wildman–Crippen LogP) is 4.17. The molecule has 0 aliphatic heterocycles. The van der Waals surface area contributed by atoms with Gasteiger partial charge in [0.05, 0.1) is 0 Å². The fourth-order valence-electron chi connectivity index (χ4n) is 4.46. The van der Waals surface area contributed by atoms with Crippen molar-refractivity contribution in [3.8, 4) is 0 Å². The van der Waals surface area contributed by atoms with Gasteiger partial charge in [-0.2, -0.15) is 0 Å². The first-order valence-corrected chi connectivity index (χ1v) is 8.29. The van der Waals surface area contributed by atoms with Gasteiger partial charge in [-0.3, -0.25) is 4.79 Å². The van der Waals surface area contributed by atoms with E-state index in [0.717, 1.165) is 19.3 Å². The maximum atomic E-state index is 11.7. The van der Waals surface area contributed by atoms with E-state index >= 15 is 0 Å². The molecular weight excluding hydrogens is 282 g/mol. The second kappa shape index (κ2) is 6.39. The van der Waals surface area contributed by atoms with Gasteiger partial charge in [-0.25, -0.2) is 0 Å². The van der Waals surface area contributed by atoms with Crippen LogP contribution >= 0.6 is 11.6 Å². The summed E-state index contributed by atoms with van der Waals surface area (Å²) in [4.78, 5) is 11.7. The maximum absolute atomic E-state index is 11.7. The zero-order valence-electron chi connectivity index (χ0n) is 13.3. The number of carbonyl (C=O) groups excluding carboxylic acids is 1. The normalized spacial score (nSPS) is 32.7. The van der Waals surface area contributed by atoms with Crippen molar-refractivity contribution in [2.75, 3.05) is 5.88 Å². The van der Waals surface area contributed by atoms with Crippen molar-refractivity contribution in [3.05, 3.63) is 35.9 Å². The molecule has 1 N–H and O–H groups in total. The van der Waals surface area contributed by atoms with Crippen LogP contribution in [0.2, 0.25) is 0 Å². The molecule has 0 radical (unpaired) electrons. The number of hydrogen-bond donors (Lipinski definition) is 1. The number of nitrogens with one attached hydrogen (secondary N) is 1. The second-order valence-electron chi connectivity index (χ2n) is 7.41. The number of halogens is 1. The van der Waals surface area contributed by atoms with Gasteiger partial charge in [0.15, 0.2) is 0 Å².